The first-order valence-electron chi connectivity index (χ1n) is 12.0. The van der Waals surface area contributed by atoms with Crippen LogP contribution >= 0.6 is 0 Å². The van der Waals surface area contributed by atoms with Crippen molar-refractivity contribution >= 4 is 11.9 Å². The van der Waals surface area contributed by atoms with Gasteiger partial charge in [0.15, 0.2) is 0 Å². The number of nitrogens with zero attached hydrogens (tertiary/aromatic N) is 4. The van der Waals surface area contributed by atoms with Crippen LogP contribution in [-0.2, 0) is 6.18 Å². The van der Waals surface area contributed by atoms with Crippen molar-refractivity contribution in [2.24, 2.45) is 5.92 Å². The van der Waals surface area contributed by atoms with E-state index in [1.807, 2.05) is 4.90 Å². The number of amides is 1. The molecule has 192 valence electrons. The lowest BCUT2D eigenvalue weighted by Gasteiger charge is -2.31. The van der Waals surface area contributed by atoms with E-state index in [1.54, 1.807) is 6.07 Å². The van der Waals surface area contributed by atoms with Gasteiger partial charge in [0.05, 0.1) is 28.9 Å². The zero-order chi connectivity index (χ0) is 25.7. The molecule has 2 aromatic rings. The zero-order valence-electron chi connectivity index (χ0n) is 19.7. The van der Waals surface area contributed by atoms with Gasteiger partial charge in [0, 0.05) is 38.1 Å². The number of benzene rings is 1. The normalized spacial score (nSPS) is 21.0. The van der Waals surface area contributed by atoms with E-state index < -0.39 is 17.3 Å². The maximum absolute atomic E-state index is 13.2. The molecular formula is C25H28F3N5O3. The van der Waals surface area contributed by atoms with Gasteiger partial charge in [0.25, 0.3) is 5.91 Å². The molecule has 2 aliphatic rings. The van der Waals surface area contributed by atoms with Gasteiger partial charge in [-0.15, -0.1) is 0 Å². The van der Waals surface area contributed by atoms with Crippen LogP contribution in [0.3, 0.4) is 0 Å². The van der Waals surface area contributed by atoms with Crippen LogP contribution in [-0.4, -0.2) is 52.8 Å². The maximum atomic E-state index is 13.2. The lowest BCUT2D eigenvalue weighted by atomic mass is 9.92. The van der Waals surface area contributed by atoms with Gasteiger partial charge in [-0.2, -0.15) is 18.4 Å². The highest BCUT2D eigenvalue weighted by molar-refractivity contribution is 5.93. The van der Waals surface area contributed by atoms with E-state index in [0.29, 0.717) is 43.1 Å². The number of carbonyl (C=O) groups excluding carboxylic acids is 1. The molecule has 0 radical (unpaired) electrons. The molecule has 1 aliphatic carbocycles. The Morgan fingerprint density at radius 1 is 1.14 bits per heavy atom. The summed E-state index contributed by atoms with van der Waals surface area (Å²) < 4.78 is 45.3. The van der Waals surface area contributed by atoms with Gasteiger partial charge in [0.1, 0.15) is 5.75 Å². The number of carbonyl (C=O) groups is 1. The van der Waals surface area contributed by atoms with E-state index in [9.17, 15) is 23.1 Å². The quantitative estimate of drug-likeness (QED) is 0.618. The van der Waals surface area contributed by atoms with Crippen LogP contribution in [0, 0.1) is 17.2 Å². The molecule has 2 N–H and O–H groups in total. The third kappa shape index (κ3) is 6.23. The highest BCUT2D eigenvalue weighted by atomic mass is 19.4. The van der Waals surface area contributed by atoms with Crippen LogP contribution in [0.5, 0.6) is 5.75 Å². The number of nitrogens with one attached hydrogen (secondary N) is 1. The Balaban J connectivity index is 1.26. The summed E-state index contributed by atoms with van der Waals surface area (Å²) in [5, 5.41) is 21.2. The van der Waals surface area contributed by atoms with Gasteiger partial charge < -0.3 is 20.1 Å². The Morgan fingerprint density at radius 3 is 2.39 bits per heavy atom. The van der Waals surface area contributed by atoms with E-state index in [0.717, 1.165) is 38.1 Å². The summed E-state index contributed by atoms with van der Waals surface area (Å²) >= 11 is 0. The highest BCUT2D eigenvalue weighted by Crippen LogP contribution is 2.35. The molecule has 11 heteroatoms. The topological polar surface area (TPSA) is 111 Å². The predicted octanol–water partition coefficient (Wildman–Crippen LogP) is 3.70. The molecule has 2 heterocycles. The van der Waals surface area contributed by atoms with E-state index in [2.05, 4.69) is 15.3 Å². The number of hydrogen-bond donors (Lipinski definition) is 2. The van der Waals surface area contributed by atoms with Gasteiger partial charge in [-0.25, -0.2) is 9.97 Å². The number of aliphatic hydroxyl groups excluding tert-OH is 1. The molecular weight excluding hydrogens is 475 g/mol. The fourth-order valence-electron chi connectivity index (χ4n) is 4.63. The van der Waals surface area contributed by atoms with Crippen LogP contribution in [0.25, 0.3) is 0 Å². The van der Waals surface area contributed by atoms with Crippen molar-refractivity contribution in [1.82, 2.24) is 15.3 Å². The van der Waals surface area contributed by atoms with Crippen molar-refractivity contribution in [3.63, 3.8) is 0 Å². The van der Waals surface area contributed by atoms with E-state index >= 15 is 0 Å². The van der Waals surface area contributed by atoms with Crippen LogP contribution in [0.4, 0.5) is 19.1 Å². The summed E-state index contributed by atoms with van der Waals surface area (Å²) in [5.41, 5.74) is -1.09. The first kappa shape index (κ1) is 25.7. The second-order valence-electron chi connectivity index (χ2n) is 9.27. The fraction of sp³-hybridized carbons (Fsp3) is 0.520. The van der Waals surface area contributed by atoms with Crippen molar-refractivity contribution < 1.29 is 27.8 Å². The van der Waals surface area contributed by atoms with Crippen molar-refractivity contribution in [3.05, 3.63) is 47.3 Å². The number of aliphatic hydroxyl groups is 1. The molecule has 0 spiro atoms. The average molecular weight is 504 g/mol. The number of aromatic nitrogens is 2. The minimum Gasteiger partial charge on any atom is -0.490 e. The Bertz CT molecular complexity index is 1090. The SMILES string of the molecule is N#Cc1ccc(OC2CCC(NC(=O)c3cnc(N4CCC(CO)CC4)nc3)CC2)cc1C(F)(F)F. The summed E-state index contributed by atoms with van der Waals surface area (Å²) in [5.74, 6) is 0.684. The number of anilines is 1. The summed E-state index contributed by atoms with van der Waals surface area (Å²) in [6.45, 7) is 1.72. The highest BCUT2D eigenvalue weighted by Gasteiger charge is 2.34. The van der Waals surface area contributed by atoms with Gasteiger partial charge in [-0.05, 0) is 62.6 Å². The molecule has 4 rings (SSSR count). The molecule has 0 unspecified atom stereocenters. The van der Waals surface area contributed by atoms with E-state index in [1.165, 1.54) is 18.5 Å². The molecule has 8 nitrogen and oxygen atoms in total. The number of ether oxygens (including phenoxy) is 1. The molecule has 1 saturated carbocycles. The molecule has 0 atom stereocenters. The Morgan fingerprint density at radius 2 is 1.81 bits per heavy atom. The second-order valence-corrected chi connectivity index (χ2v) is 9.27. The largest absolute Gasteiger partial charge is 0.490 e. The van der Waals surface area contributed by atoms with Crippen LogP contribution in [0.15, 0.2) is 30.6 Å². The van der Waals surface area contributed by atoms with Crippen LogP contribution < -0.4 is 15.0 Å². The third-order valence-electron chi connectivity index (χ3n) is 6.79. The number of piperidine rings is 1. The lowest BCUT2D eigenvalue weighted by molar-refractivity contribution is -0.137. The molecule has 1 amide bonds. The van der Waals surface area contributed by atoms with E-state index in [4.69, 9.17) is 10.00 Å². The monoisotopic (exact) mass is 503 g/mol. The Hall–Kier alpha value is -3.39. The number of halogens is 3. The molecule has 1 aromatic carbocycles. The van der Waals surface area contributed by atoms with Gasteiger partial charge in [0.2, 0.25) is 5.95 Å². The third-order valence-corrected chi connectivity index (χ3v) is 6.79. The van der Waals surface area contributed by atoms with Crippen LogP contribution in [0.1, 0.15) is 60.0 Å². The summed E-state index contributed by atoms with van der Waals surface area (Å²) in [4.78, 5) is 23.4. The van der Waals surface area contributed by atoms with Crippen LogP contribution in [0.2, 0.25) is 0 Å². The number of nitriles is 1. The lowest BCUT2D eigenvalue weighted by Crippen LogP contribution is -2.40. The Kier molecular flexibility index (Phi) is 7.94. The second kappa shape index (κ2) is 11.1. The fourth-order valence-corrected chi connectivity index (χ4v) is 4.63. The summed E-state index contributed by atoms with van der Waals surface area (Å²) in [6, 6.07) is 4.84. The van der Waals surface area contributed by atoms with E-state index in [-0.39, 0.29) is 30.4 Å². The van der Waals surface area contributed by atoms with Crippen molar-refractivity contribution in [2.75, 3.05) is 24.6 Å². The number of hydrogen-bond acceptors (Lipinski definition) is 7. The van der Waals surface area contributed by atoms with Crippen molar-refractivity contribution in [2.45, 2.75) is 56.8 Å². The van der Waals surface area contributed by atoms with Gasteiger partial charge >= 0.3 is 6.18 Å². The number of rotatable bonds is 6. The zero-order valence-corrected chi connectivity index (χ0v) is 19.7. The first-order chi connectivity index (χ1) is 17.3. The minimum absolute atomic E-state index is 0.0756. The average Bonchev–Trinajstić information content (AvgIpc) is 2.89. The summed E-state index contributed by atoms with van der Waals surface area (Å²) in [6.07, 6.45) is 2.26. The molecule has 1 saturated heterocycles. The molecule has 36 heavy (non-hydrogen) atoms. The van der Waals surface area contributed by atoms with Gasteiger partial charge in [-0.3, -0.25) is 4.79 Å². The Labute approximate surface area is 207 Å². The van der Waals surface area contributed by atoms with Crippen molar-refractivity contribution in [3.8, 4) is 11.8 Å². The molecule has 1 aliphatic heterocycles. The molecule has 1 aromatic heterocycles. The first-order valence-corrected chi connectivity index (χ1v) is 12.0. The minimum atomic E-state index is -4.63. The molecule has 2 fully saturated rings. The summed E-state index contributed by atoms with van der Waals surface area (Å²) in [7, 11) is 0. The standard InChI is InChI=1S/C25H28F3N5O3/c26-25(27,28)22-11-21(4-1-17(22)12-29)36-20-5-2-19(3-6-20)32-23(35)18-13-30-24(31-14-18)33-9-7-16(15-34)8-10-33/h1,4,11,13-14,16,19-20,34H,2-3,5-10,15H2,(H,32,35). The number of alkyl halides is 3. The smallest absolute Gasteiger partial charge is 0.417 e. The predicted molar refractivity (Wildman–Crippen MR) is 124 cm³/mol. The maximum Gasteiger partial charge on any atom is 0.417 e. The molecule has 0 bridgehead atoms. The van der Waals surface area contributed by atoms with Gasteiger partial charge in [-0.1, -0.05) is 0 Å². The van der Waals surface area contributed by atoms with Crippen molar-refractivity contribution in [1.29, 1.82) is 5.26 Å².